The van der Waals surface area contributed by atoms with E-state index < -0.39 is 0 Å². The molecule has 0 fully saturated rings. The van der Waals surface area contributed by atoms with E-state index in [1.165, 1.54) is 0 Å². The number of furan rings is 1. The van der Waals surface area contributed by atoms with Crippen molar-refractivity contribution < 1.29 is 9.21 Å². The SMILES string of the molecule is Cc1ccc2oc(C(=O)NCC(C)CN)cc2c1. The number of benzene rings is 1. The number of nitrogens with one attached hydrogen (secondary N) is 1. The molecule has 0 spiro atoms. The number of hydrogen-bond donors (Lipinski definition) is 2. The van der Waals surface area contributed by atoms with E-state index in [4.69, 9.17) is 10.2 Å². The van der Waals surface area contributed by atoms with Crippen LogP contribution in [0.5, 0.6) is 0 Å². The van der Waals surface area contributed by atoms with Crippen molar-refractivity contribution in [3.63, 3.8) is 0 Å². The Kier molecular flexibility index (Phi) is 3.67. The van der Waals surface area contributed by atoms with Crippen molar-refractivity contribution in [1.82, 2.24) is 5.32 Å². The van der Waals surface area contributed by atoms with E-state index in [0.717, 1.165) is 16.5 Å². The molecule has 96 valence electrons. The molecule has 0 saturated heterocycles. The lowest BCUT2D eigenvalue weighted by molar-refractivity contribution is 0.0923. The van der Waals surface area contributed by atoms with Crippen LogP contribution >= 0.6 is 0 Å². The van der Waals surface area contributed by atoms with Gasteiger partial charge in [0.05, 0.1) is 0 Å². The van der Waals surface area contributed by atoms with Crippen molar-refractivity contribution in [2.45, 2.75) is 13.8 Å². The summed E-state index contributed by atoms with van der Waals surface area (Å²) >= 11 is 0. The number of carbonyl (C=O) groups is 1. The minimum atomic E-state index is -0.191. The fourth-order valence-electron chi connectivity index (χ4n) is 1.71. The van der Waals surface area contributed by atoms with Crippen molar-refractivity contribution in [3.05, 3.63) is 35.6 Å². The van der Waals surface area contributed by atoms with Gasteiger partial charge in [0.25, 0.3) is 5.91 Å². The van der Waals surface area contributed by atoms with Crippen LogP contribution in [0.2, 0.25) is 0 Å². The summed E-state index contributed by atoms with van der Waals surface area (Å²) in [7, 11) is 0. The van der Waals surface area contributed by atoms with Gasteiger partial charge in [0, 0.05) is 11.9 Å². The van der Waals surface area contributed by atoms with E-state index in [9.17, 15) is 4.79 Å². The van der Waals surface area contributed by atoms with Gasteiger partial charge in [-0.1, -0.05) is 18.6 Å². The quantitative estimate of drug-likeness (QED) is 0.867. The van der Waals surface area contributed by atoms with Gasteiger partial charge in [-0.25, -0.2) is 0 Å². The van der Waals surface area contributed by atoms with Gasteiger partial charge in [-0.2, -0.15) is 0 Å². The molecule has 0 aliphatic carbocycles. The number of nitrogens with two attached hydrogens (primary N) is 1. The van der Waals surface area contributed by atoms with E-state index in [0.29, 0.717) is 18.8 Å². The fourth-order valence-corrected chi connectivity index (χ4v) is 1.71. The number of hydrogen-bond acceptors (Lipinski definition) is 3. The molecule has 3 N–H and O–H groups in total. The highest BCUT2D eigenvalue weighted by molar-refractivity contribution is 5.96. The van der Waals surface area contributed by atoms with Gasteiger partial charge in [-0.3, -0.25) is 4.79 Å². The molecule has 0 saturated carbocycles. The van der Waals surface area contributed by atoms with Gasteiger partial charge in [0.2, 0.25) is 0 Å². The first-order chi connectivity index (χ1) is 8.60. The van der Waals surface area contributed by atoms with Crippen LogP contribution in [-0.2, 0) is 0 Å². The molecule has 1 atom stereocenters. The monoisotopic (exact) mass is 246 g/mol. The second-order valence-electron chi connectivity index (χ2n) is 4.70. The van der Waals surface area contributed by atoms with E-state index >= 15 is 0 Å². The van der Waals surface area contributed by atoms with Crippen LogP contribution in [0.3, 0.4) is 0 Å². The second kappa shape index (κ2) is 5.23. The molecule has 1 amide bonds. The second-order valence-corrected chi connectivity index (χ2v) is 4.70. The van der Waals surface area contributed by atoms with E-state index in [-0.39, 0.29) is 11.8 Å². The first-order valence-corrected chi connectivity index (χ1v) is 6.08. The highest BCUT2D eigenvalue weighted by Gasteiger charge is 2.12. The van der Waals surface area contributed by atoms with E-state index in [1.54, 1.807) is 6.07 Å². The maximum absolute atomic E-state index is 11.9. The minimum Gasteiger partial charge on any atom is -0.451 e. The van der Waals surface area contributed by atoms with Crippen LogP contribution in [0.15, 0.2) is 28.7 Å². The smallest absolute Gasteiger partial charge is 0.287 e. The lowest BCUT2D eigenvalue weighted by Gasteiger charge is -2.08. The van der Waals surface area contributed by atoms with Gasteiger partial charge >= 0.3 is 0 Å². The Balaban J connectivity index is 2.13. The van der Waals surface area contributed by atoms with Crippen LogP contribution in [0, 0.1) is 12.8 Å². The zero-order valence-electron chi connectivity index (χ0n) is 10.7. The lowest BCUT2D eigenvalue weighted by atomic mass is 10.2. The molecule has 1 aromatic heterocycles. The minimum absolute atomic E-state index is 0.191. The zero-order valence-corrected chi connectivity index (χ0v) is 10.7. The van der Waals surface area contributed by atoms with Crippen LogP contribution in [0.1, 0.15) is 23.0 Å². The van der Waals surface area contributed by atoms with Crippen LogP contribution in [0.4, 0.5) is 0 Å². The third kappa shape index (κ3) is 2.71. The Morgan fingerprint density at radius 3 is 2.94 bits per heavy atom. The largest absolute Gasteiger partial charge is 0.451 e. The number of amides is 1. The number of fused-ring (bicyclic) bond motifs is 1. The molecule has 4 heteroatoms. The standard InChI is InChI=1S/C14H18N2O2/c1-9-3-4-12-11(5-9)6-13(18-12)14(17)16-8-10(2)7-15/h3-6,10H,7-8,15H2,1-2H3,(H,16,17). The summed E-state index contributed by atoms with van der Waals surface area (Å²) in [6.07, 6.45) is 0. The third-order valence-corrected chi connectivity index (χ3v) is 2.91. The van der Waals surface area contributed by atoms with Crippen molar-refractivity contribution in [1.29, 1.82) is 0 Å². The third-order valence-electron chi connectivity index (χ3n) is 2.91. The number of aryl methyl sites for hydroxylation is 1. The predicted octanol–water partition coefficient (Wildman–Crippen LogP) is 2.07. The molecule has 2 rings (SSSR count). The molecule has 4 nitrogen and oxygen atoms in total. The number of rotatable bonds is 4. The van der Waals surface area contributed by atoms with Crippen LogP contribution in [-0.4, -0.2) is 19.0 Å². The average molecular weight is 246 g/mol. The summed E-state index contributed by atoms with van der Waals surface area (Å²) in [6, 6.07) is 7.61. The first kappa shape index (κ1) is 12.6. The normalized spacial score (nSPS) is 12.6. The average Bonchev–Trinajstić information content (AvgIpc) is 2.78. The van der Waals surface area contributed by atoms with Crippen molar-refractivity contribution >= 4 is 16.9 Å². The Labute approximate surface area is 106 Å². The summed E-state index contributed by atoms with van der Waals surface area (Å²) in [5.74, 6) is 0.421. The van der Waals surface area contributed by atoms with E-state index in [1.807, 2.05) is 32.0 Å². The maximum atomic E-state index is 11.9. The highest BCUT2D eigenvalue weighted by Crippen LogP contribution is 2.20. The molecule has 1 aromatic carbocycles. The summed E-state index contributed by atoms with van der Waals surface area (Å²) in [4.78, 5) is 11.9. The molecule has 18 heavy (non-hydrogen) atoms. The fraction of sp³-hybridized carbons (Fsp3) is 0.357. The Hall–Kier alpha value is -1.81. The summed E-state index contributed by atoms with van der Waals surface area (Å²) in [6.45, 7) is 5.11. The van der Waals surface area contributed by atoms with Gasteiger partial charge < -0.3 is 15.5 Å². The molecular formula is C14H18N2O2. The van der Waals surface area contributed by atoms with Gasteiger partial charge in [0.1, 0.15) is 5.58 Å². The van der Waals surface area contributed by atoms with Crippen LogP contribution < -0.4 is 11.1 Å². The lowest BCUT2D eigenvalue weighted by Crippen LogP contribution is -2.30. The Bertz CT molecular complexity index is 560. The molecule has 0 aliphatic rings. The molecule has 0 bridgehead atoms. The molecular weight excluding hydrogens is 228 g/mol. The molecule has 0 aliphatic heterocycles. The predicted molar refractivity (Wildman–Crippen MR) is 71.5 cm³/mol. The summed E-state index contributed by atoms with van der Waals surface area (Å²) in [5.41, 5.74) is 7.38. The molecule has 0 radical (unpaired) electrons. The molecule has 1 unspecified atom stereocenters. The number of carbonyl (C=O) groups excluding carboxylic acids is 1. The van der Waals surface area contributed by atoms with Gasteiger partial charge in [-0.15, -0.1) is 0 Å². The van der Waals surface area contributed by atoms with Crippen molar-refractivity contribution in [2.24, 2.45) is 11.7 Å². The molecule has 1 heterocycles. The Morgan fingerprint density at radius 1 is 1.44 bits per heavy atom. The molecule has 2 aromatic rings. The van der Waals surface area contributed by atoms with Gasteiger partial charge in [-0.05, 0) is 37.6 Å². The summed E-state index contributed by atoms with van der Waals surface area (Å²) < 4.78 is 5.51. The topological polar surface area (TPSA) is 68.3 Å². The maximum Gasteiger partial charge on any atom is 0.287 e. The van der Waals surface area contributed by atoms with Crippen molar-refractivity contribution in [2.75, 3.05) is 13.1 Å². The van der Waals surface area contributed by atoms with Crippen molar-refractivity contribution in [3.8, 4) is 0 Å². The highest BCUT2D eigenvalue weighted by atomic mass is 16.3. The Morgan fingerprint density at radius 2 is 2.22 bits per heavy atom. The zero-order chi connectivity index (χ0) is 13.1. The first-order valence-electron chi connectivity index (χ1n) is 6.08. The van der Waals surface area contributed by atoms with E-state index in [2.05, 4.69) is 5.32 Å². The van der Waals surface area contributed by atoms with Gasteiger partial charge in [0.15, 0.2) is 5.76 Å². The van der Waals surface area contributed by atoms with Crippen LogP contribution in [0.25, 0.3) is 11.0 Å². The summed E-state index contributed by atoms with van der Waals surface area (Å²) in [5, 5.41) is 3.76.